The highest BCUT2D eigenvalue weighted by Crippen LogP contribution is 2.35. The van der Waals surface area contributed by atoms with E-state index in [0.29, 0.717) is 13.1 Å². The largest absolute Gasteiger partial charge is 0.493 e. The second kappa shape index (κ2) is 7.36. The van der Waals surface area contributed by atoms with Gasteiger partial charge in [0.2, 0.25) is 0 Å². The smallest absolute Gasteiger partial charge is 0.314 e. The lowest BCUT2D eigenvalue weighted by molar-refractivity contribution is 0.241. The van der Waals surface area contributed by atoms with Crippen molar-refractivity contribution in [2.24, 2.45) is 0 Å². The minimum atomic E-state index is -0.0950. The fourth-order valence-corrected chi connectivity index (χ4v) is 3.12. The summed E-state index contributed by atoms with van der Waals surface area (Å²) in [4.78, 5) is 11.6. The van der Waals surface area contributed by atoms with Crippen LogP contribution < -0.4 is 15.4 Å². The first-order chi connectivity index (χ1) is 11.3. The van der Waals surface area contributed by atoms with E-state index < -0.39 is 0 Å². The Balaban J connectivity index is 1.76. The molecular weight excluding hydrogens is 288 g/mol. The van der Waals surface area contributed by atoms with Crippen molar-refractivity contribution in [3.8, 4) is 5.75 Å². The summed E-state index contributed by atoms with van der Waals surface area (Å²) >= 11 is 0. The molecule has 122 valence electrons. The number of carbonyl (C=O) groups excluding carboxylic acids is 1. The van der Waals surface area contributed by atoms with Crippen molar-refractivity contribution in [2.75, 3.05) is 19.7 Å². The zero-order valence-electron chi connectivity index (χ0n) is 13.7. The summed E-state index contributed by atoms with van der Waals surface area (Å²) in [6.07, 6.45) is 3.86. The summed E-state index contributed by atoms with van der Waals surface area (Å²) < 4.78 is 5.96. The van der Waals surface area contributed by atoms with Crippen molar-refractivity contribution in [1.29, 1.82) is 0 Å². The second-order valence-corrected chi connectivity index (χ2v) is 5.95. The number of urea groups is 1. The highest BCUT2D eigenvalue weighted by Gasteiger charge is 2.18. The van der Waals surface area contributed by atoms with Gasteiger partial charge in [0.1, 0.15) is 5.75 Å². The van der Waals surface area contributed by atoms with Gasteiger partial charge in [0.15, 0.2) is 0 Å². The Morgan fingerprint density at radius 3 is 2.91 bits per heavy atom. The summed E-state index contributed by atoms with van der Waals surface area (Å²) in [7, 11) is 0. The van der Waals surface area contributed by atoms with Crippen LogP contribution in [0.25, 0.3) is 10.8 Å². The molecule has 4 nitrogen and oxygen atoms in total. The molecule has 0 radical (unpaired) electrons. The molecule has 2 aromatic carbocycles. The van der Waals surface area contributed by atoms with Gasteiger partial charge in [0, 0.05) is 18.7 Å². The number of amides is 2. The van der Waals surface area contributed by atoms with Crippen molar-refractivity contribution >= 4 is 16.8 Å². The summed E-state index contributed by atoms with van der Waals surface area (Å²) in [6.45, 7) is 4.14. The lowest BCUT2D eigenvalue weighted by Gasteiger charge is -2.22. The van der Waals surface area contributed by atoms with Crippen molar-refractivity contribution < 1.29 is 9.53 Å². The highest BCUT2D eigenvalue weighted by atomic mass is 16.5. The summed E-state index contributed by atoms with van der Waals surface area (Å²) in [5.41, 5.74) is 2.51. The number of benzene rings is 2. The van der Waals surface area contributed by atoms with E-state index in [1.54, 1.807) is 0 Å². The van der Waals surface area contributed by atoms with Crippen LogP contribution in [0, 0.1) is 0 Å². The number of carbonyl (C=O) groups is 1. The summed E-state index contributed by atoms with van der Waals surface area (Å²) in [5, 5.41) is 8.29. The first-order valence-corrected chi connectivity index (χ1v) is 8.47. The van der Waals surface area contributed by atoms with Gasteiger partial charge in [0.05, 0.1) is 6.61 Å². The molecule has 0 bridgehead atoms. The molecule has 0 aromatic heterocycles. The van der Waals surface area contributed by atoms with Gasteiger partial charge in [-0.25, -0.2) is 4.79 Å². The zero-order chi connectivity index (χ0) is 16.1. The number of hydrogen-bond acceptors (Lipinski definition) is 2. The lowest BCUT2D eigenvalue weighted by Crippen LogP contribution is -2.37. The van der Waals surface area contributed by atoms with Gasteiger partial charge in [-0.15, -0.1) is 0 Å². The van der Waals surface area contributed by atoms with E-state index in [1.165, 1.54) is 21.9 Å². The predicted octanol–water partition coefficient (Wildman–Crippen LogP) is 3.42. The second-order valence-electron chi connectivity index (χ2n) is 5.95. The molecule has 0 atom stereocenters. The van der Waals surface area contributed by atoms with Crippen LogP contribution in [-0.2, 0) is 12.8 Å². The van der Waals surface area contributed by atoms with Gasteiger partial charge in [0.25, 0.3) is 0 Å². The summed E-state index contributed by atoms with van der Waals surface area (Å²) in [5.74, 6) is 1.03. The first kappa shape index (κ1) is 15.7. The zero-order valence-corrected chi connectivity index (χ0v) is 13.7. The van der Waals surface area contributed by atoms with Crippen LogP contribution in [0.5, 0.6) is 5.75 Å². The van der Waals surface area contributed by atoms with Crippen molar-refractivity contribution in [3.05, 3.63) is 41.5 Å². The molecule has 0 fully saturated rings. The topological polar surface area (TPSA) is 50.4 Å². The van der Waals surface area contributed by atoms with Gasteiger partial charge >= 0.3 is 6.03 Å². The number of fused-ring (bicyclic) bond motifs is 3. The van der Waals surface area contributed by atoms with E-state index >= 15 is 0 Å². The van der Waals surface area contributed by atoms with Gasteiger partial charge in [-0.05, 0) is 48.1 Å². The Morgan fingerprint density at radius 1 is 1.22 bits per heavy atom. The third kappa shape index (κ3) is 3.58. The average molecular weight is 312 g/mol. The third-order valence-corrected chi connectivity index (χ3v) is 4.21. The van der Waals surface area contributed by atoms with E-state index in [2.05, 4.69) is 41.0 Å². The molecule has 2 amide bonds. The molecule has 1 heterocycles. The Morgan fingerprint density at radius 2 is 2.04 bits per heavy atom. The van der Waals surface area contributed by atoms with Crippen LogP contribution in [-0.4, -0.2) is 25.7 Å². The number of ether oxygens (including phenoxy) is 1. The molecule has 23 heavy (non-hydrogen) atoms. The van der Waals surface area contributed by atoms with Gasteiger partial charge in [-0.2, -0.15) is 0 Å². The fraction of sp³-hybridized carbons (Fsp3) is 0.421. The SMILES string of the molecule is CCCNC(=O)NCCc1cc2ccccc2c2c1OCCC2. The number of hydrogen-bond donors (Lipinski definition) is 2. The van der Waals surface area contributed by atoms with E-state index in [0.717, 1.165) is 38.0 Å². The van der Waals surface area contributed by atoms with E-state index in [-0.39, 0.29) is 6.03 Å². The molecule has 0 saturated carbocycles. The van der Waals surface area contributed by atoms with E-state index in [1.807, 2.05) is 6.92 Å². The monoisotopic (exact) mass is 312 g/mol. The van der Waals surface area contributed by atoms with Crippen molar-refractivity contribution in [2.45, 2.75) is 32.6 Å². The molecule has 0 spiro atoms. The molecule has 0 saturated heterocycles. The number of rotatable bonds is 5. The average Bonchev–Trinajstić information content (AvgIpc) is 2.60. The molecule has 1 aliphatic heterocycles. The van der Waals surface area contributed by atoms with Crippen LogP contribution in [0.4, 0.5) is 4.79 Å². The van der Waals surface area contributed by atoms with Crippen LogP contribution in [0.1, 0.15) is 30.9 Å². The van der Waals surface area contributed by atoms with Crippen LogP contribution >= 0.6 is 0 Å². The Bertz CT molecular complexity index is 697. The molecule has 4 heteroatoms. The maximum absolute atomic E-state index is 11.6. The highest BCUT2D eigenvalue weighted by molar-refractivity contribution is 5.89. The van der Waals surface area contributed by atoms with Crippen LogP contribution in [0.2, 0.25) is 0 Å². The standard InChI is InChI=1S/C19H24N2O2/c1-2-10-20-19(22)21-11-9-15-13-14-6-3-4-7-16(14)17-8-5-12-23-18(15)17/h3-4,6-7,13H,2,5,8-12H2,1H3,(H2,20,21,22). The predicted molar refractivity (Wildman–Crippen MR) is 93.2 cm³/mol. The normalized spacial score (nSPS) is 13.3. The Kier molecular flexibility index (Phi) is 5.01. The Labute approximate surface area is 137 Å². The molecule has 3 rings (SSSR count). The van der Waals surface area contributed by atoms with Crippen LogP contribution in [0.15, 0.2) is 30.3 Å². The maximum Gasteiger partial charge on any atom is 0.314 e. The van der Waals surface area contributed by atoms with Gasteiger partial charge in [-0.3, -0.25) is 0 Å². The van der Waals surface area contributed by atoms with Gasteiger partial charge in [-0.1, -0.05) is 31.2 Å². The maximum atomic E-state index is 11.6. The summed E-state index contributed by atoms with van der Waals surface area (Å²) in [6, 6.07) is 10.6. The third-order valence-electron chi connectivity index (χ3n) is 4.21. The molecule has 1 aliphatic rings. The quantitative estimate of drug-likeness (QED) is 0.889. The fourth-order valence-electron chi connectivity index (χ4n) is 3.12. The molecule has 0 unspecified atom stereocenters. The van der Waals surface area contributed by atoms with E-state index in [4.69, 9.17) is 4.74 Å². The minimum absolute atomic E-state index is 0.0950. The number of aryl methyl sites for hydroxylation is 1. The van der Waals surface area contributed by atoms with Crippen molar-refractivity contribution in [3.63, 3.8) is 0 Å². The molecule has 0 aliphatic carbocycles. The van der Waals surface area contributed by atoms with Crippen molar-refractivity contribution in [1.82, 2.24) is 10.6 Å². The molecule has 2 aromatic rings. The lowest BCUT2D eigenvalue weighted by atomic mass is 9.94. The minimum Gasteiger partial charge on any atom is -0.493 e. The van der Waals surface area contributed by atoms with Gasteiger partial charge < -0.3 is 15.4 Å². The molecule has 2 N–H and O–H groups in total. The molecular formula is C19H24N2O2. The van der Waals surface area contributed by atoms with E-state index in [9.17, 15) is 4.79 Å². The van der Waals surface area contributed by atoms with Crippen LogP contribution in [0.3, 0.4) is 0 Å². The first-order valence-electron chi connectivity index (χ1n) is 8.47. The Hall–Kier alpha value is -2.23. The number of nitrogens with one attached hydrogen (secondary N) is 2.